The SMILES string of the molecule is Cc1ccc(-c2ccnc(-c3[c-]cccc3)c2)cc1.Cc1ccc(-c2ccnc(-c3[c-]cccc3)c2)cc1.Cc1ccc(-c2ccnc(-c3[c-]cccc3)c2)cc1.Cc1ccc(-c2ccnc(-c3[c-]cccc3)c2)cc1.[2H]C([2H])([2H])C([2H])(C)c1cnc(-c2[c-]cccc2)cc1C.[2H]C([2H])([2H])c1cccc(-c2[c-]cccc2)n1.[2H]C([2H])([2H])c1cnc(-c2[c-]cccc2)cc1C.[2H]C([2H])([2H])c1cnc(-c2[c-]cccc2)cc1C([2H])(C)C([2H])([2H])[2H].[Ir].[Ir].[Ir].[Ir]. The van der Waals surface area contributed by atoms with Gasteiger partial charge in [0.25, 0.3) is 0 Å². The largest absolute Gasteiger partial charge is 0.305 e. The van der Waals surface area contributed by atoms with Crippen LogP contribution < -0.4 is 0 Å². The number of nitrogens with zero attached hydrogens (tertiary/aromatic N) is 8. The van der Waals surface area contributed by atoms with Crippen molar-refractivity contribution in [2.75, 3.05) is 0 Å². The van der Waals surface area contributed by atoms with E-state index in [0.29, 0.717) is 28.1 Å². The van der Waals surface area contributed by atoms with Gasteiger partial charge in [-0.15, -0.1) is 287 Å². The van der Waals surface area contributed by atoms with Crippen LogP contribution in [0.3, 0.4) is 0 Å². The van der Waals surface area contributed by atoms with Crippen molar-refractivity contribution in [1.29, 1.82) is 0 Å². The van der Waals surface area contributed by atoms with Gasteiger partial charge in [-0.1, -0.05) is 213 Å². The molecule has 8 heterocycles. The van der Waals surface area contributed by atoms with Gasteiger partial charge < -0.3 is 39.9 Å². The Kier molecular flexibility index (Phi) is 35.2. The Balaban J connectivity index is 0.000000197. The van der Waals surface area contributed by atoms with E-state index in [-0.39, 0.29) is 97.2 Å². The number of benzene rings is 12. The van der Waals surface area contributed by atoms with Gasteiger partial charge in [0, 0.05) is 153 Å². The van der Waals surface area contributed by atoms with Gasteiger partial charge in [-0.25, -0.2) is 0 Å². The minimum absolute atomic E-state index is 0. The van der Waals surface area contributed by atoms with Gasteiger partial charge in [-0.05, 0) is 217 Å². The molecule has 0 aliphatic heterocycles. The molecule has 0 saturated heterocycles. The van der Waals surface area contributed by atoms with E-state index in [2.05, 4.69) is 237 Å². The maximum Gasteiger partial charge on any atom is 0.0347 e. The summed E-state index contributed by atoms with van der Waals surface area (Å²) in [6.07, 6.45) is 11.5. The predicted molar refractivity (Wildman–Crippen MR) is 561 cm³/mol. The Morgan fingerprint density at radius 2 is 0.489 bits per heavy atom. The van der Waals surface area contributed by atoms with Crippen LogP contribution >= 0.6 is 0 Å². The van der Waals surface area contributed by atoms with Gasteiger partial charge in [0.05, 0.1) is 0 Å². The summed E-state index contributed by atoms with van der Waals surface area (Å²) in [7, 11) is 0. The van der Waals surface area contributed by atoms with Crippen molar-refractivity contribution >= 4 is 0 Å². The van der Waals surface area contributed by atoms with Crippen LogP contribution in [0.4, 0.5) is 0 Å². The Morgan fingerprint density at radius 1 is 0.223 bits per heavy atom. The number of aromatic nitrogens is 8. The van der Waals surface area contributed by atoms with E-state index < -0.39 is 46.0 Å². The van der Waals surface area contributed by atoms with Crippen molar-refractivity contribution in [3.63, 3.8) is 0 Å². The maximum atomic E-state index is 8.25. The van der Waals surface area contributed by atoms with Crippen LogP contribution in [0.2, 0.25) is 0 Å². The van der Waals surface area contributed by atoms with Gasteiger partial charge in [0.15, 0.2) is 0 Å². The minimum Gasteiger partial charge on any atom is -0.305 e. The van der Waals surface area contributed by atoms with Crippen LogP contribution in [0.5, 0.6) is 0 Å². The molecule has 0 bridgehead atoms. The minimum atomic E-state index is -2.67. The fourth-order valence-electron chi connectivity index (χ4n) is 13.7. The van der Waals surface area contributed by atoms with Crippen LogP contribution in [-0.2, 0) is 80.4 Å². The molecule has 8 aromatic heterocycles. The first-order valence-corrected chi connectivity index (χ1v) is 43.9. The van der Waals surface area contributed by atoms with E-state index in [1.807, 2.05) is 214 Å². The quantitative estimate of drug-likeness (QED) is 0.0992. The maximum absolute atomic E-state index is 8.25. The molecule has 0 spiro atoms. The summed E-state index contributed by atoms with van der Waals surface area (Å²) in [6, 6.07) is 147. The summed E-state index contributed by atoms with van der Waals surface area (Å²) in [5.41, 5.74) is 30.3. The molecule has 12 aromatic carbocycles. The monoisotopic (exact) mass is 2540 g/mol. The summed E-state index contributed by atoms with van der Waals surface area (Å²) in [5.74, 6) is -3.73. The van der Waals surface area contributed by atoms with E-state index in [1.165, 1.54) is 105 Å². The molecule has 20 aromatic rings. The molecule has 0 aliphatic carbocycles. The topological polar surface area (TPSA) is 103 Å². The Labute approximate surface area is 902 Å². The molecule has 702 valence electrons. The van der Waals surface area contributed by atoms with Gasteiger partial charge in [0.1, 0.15) is 0 Å². The second-order valence-electron chi connectivity index (χ2n) is 31.4. The Morgan fingerprint density at radius 3 is 0.755 bits per heavy atom. The van der Waals surface area contributed by atoms with Gasteiger partial charge in [-0.3, -0.25) is 0 Å². The van der Waals surface area contributed by atoms with E-state index in [4.69, 9.17) is 23.3 Å². The number of hydrogen-bond acceptors (Lipinski definition) is 8. The number of rotatable bonds is 14. The molecular weight excluding hydrogens is 2410 g/mol. The fourth-order valence-corrected chi connectivity index (χ4v) is 13.7. The third kappa shape index (κ3) is 33.7. The summed E-state index contributed by atoms with van der Waals surface area (Å²) < 4.78 is 128. The Hall–Kier alpha value is -13.6. The summed E-state index contributed by atoms with van der Waals surface area (Å²) in [4.78, 5) is 34.4. The first-order valence-electron chi connectivity index (χ1n) is 52.4. The van der Waals surface area contributed by atoms with Crippen molar-refractivity contribution in [1.82, 2.24) is 39.9 Å². The van der Waals surface area contributed by atoms with Crippen molar-refractivity contribution in [3.8, 4) is 135 Å². The first kappa shape index (κ1) is 85.8. The molecule has 0 N–H and O–H groups in total. The van der Waals surface area contributed by atoms with Crippen LogP contribution in [0.15, 0.2) is 419 Å². The zero-order chi connectivity index (χ0) is 109. The van der Waals surface area contributed by atoms with Crippen molar-refractivity contribution in [2.24, 2.45) is 0 Å². The molecule has 12 heteroatoms. The van der Waals surface area contributed by atoms with Crippen LogP contribution in [-0.4, -0.2) is 39.9 Å². The molecule has 0 saturated carbocycles. The molecule has 8 nitrogen and oxygen atoms in total. The number of hydrogen-bond donors (Lipinski definition) is 0. The van der Waals surface area contributed by atoms with Gasteiger partial charge >= 0.3 is 0 Å². The molecule has 139 heavy (non-hydrogen) atoms. The van der Waals surface area contributed by atoms with Crippen LogP contribution in [0.1, 0.15) is 124 Å². The predicted octanol–water partition coefficient (Wildman–Crippen LogP) is 32.1. The molecule has 2 unspecified atom stereocenters. The zero-order valence-corrected chi connectivity index (χ0v) is 87.3. The molecular formula is C127H110Ir4N8-8. The molecule has 0 aliphatic rings. The second kappa shape index (κ2) is 57.0. The standard InChI is InChI=1S/4C18H14N.2C15H16N.C13H12N.C12H10N.4Ir/c4*1-14-7-9-15(10-8-14)17-11-12-19-18(13-17)16-5-3-2-4-6-16;1-11(2)14-9-15(16-10-12(14)3)13-7-5-4-6-8-13;1-11(2)14-10-16-15(9-12(14)3)13-7-5-4-6-8-13;1-10-8-13(14-9-11(10)2)12-6-4-3-5-7-12;1-10-6-5-9-12(13-10)11-7-3-2-4-8-11;;;;/h4*2-5,7-13H,1H3;2*4-7,9-11H,1-3H3;3-6,8-9H,1-2H3;2-7,9H,1H3;;;;/q8*-1;;;;/i;;;;1D3,3D3,11D;1D3,11D;2D3;1D3;;;;. The smallest absolute Gasteiger partial charge is 0.0347 e. The summed E-state index contributed by atoms with van der Waals surface area (Å²) >= 11 is 0. The van der Waals surface area contributed by atoms with E-state index >= 15 is 0 Å². The van der Waals surface area contributed by atoms with E-state index in [1.54, 1.807) is 67.6 Å². The fraction of sp³-hybridized carbons (Fsp3) is 0.118. The first-order chi connectivity index (χ1) is 72.5. The second-order valence-corrected chi connectivity index (χ2v) is 31.4. The summed E-state index contributed by atoms with van der Waals surface area (Å²) in [6.45, 7) is 2.71. The average Bonchev–Trinajstić information content (AvgIpc) is 0.740. The van der Waals surface area contributed by atoms with Gasteiger partial charge in [0.2, 0.25) is 0 Å². The normalized spacial score (nSPS) is 13.2. The molecule has 4 radical (unpaired) electrons. The van der Waals surface area contributed by atoms with Crippen molar-refractivity contribution < 1.29 is 104 Å². The molecule has 0 fully saturated rings. The average molecular weight is 2530 g/mol. The third-order valence-electron chi connectivity index (χ3n) is 21.1. The number of pyridine rings is 8. The molecule has 20 rings (SSSR count). The molecule has 0 amide bonds. The van der Waals surface area contributed by atoms with Crippen LogP contribution in [0, 0.1) is 111 Å². The van der Waals surface area contributed by atoms with Crippen molar-refractivity contribution in [2.45, 2.75) is 101 Å². The summed E-state index contributed by atoms with van der Waals surface area (Å²) in [5, 5.41) is 0. The van der Waals surface area contributed by atoms with Crippen LogP contribution in [0.25, 0.3) is 135 Å². The Bertz CT molecular complexity index is 7280. The number of aryl methyl sites for hydroxylation is 9. The molecule has 2 atom stereocenters. The zero-order valence-electron chi connectivity index (χ0n) is 94.7. The van der Waals surface area contributed by atoms with Crippen molar-refractivity contribution in [3.05, 3.63) is 529 Å². The van der Waals surface area contributed by atoms with E-state index in [9.17, 15) is 0 Å². The third-order valence-corrected chi connectivity index (χ3v) is 21.1. The van der Waals surface area contributed by atoms with E-state index in [0.717, 1.165) is 90.4 Å². The van der Waals surface area contributed by atoms with Gasteiger partial charge in [-0.2, -0.15) is 0 Å².